The Kier molecular flexibility index (Phi) is 7.53. The second kappa shape index (κ2) is 10.3. The van der Waals surface area contributed by atoms with Crippen LogP contribution in [0.2, 0.25) is 0 Å². The highest BCUT2D eigenvalue weighted by molar-refractivity contribution is 6.27. The Morgan fingerprint density at radius 3 is 2.35 bits per heavy atom. The largest absolute Gasteiger partial charge is 0.444 e. The lowest BCUT2D eigenvalue weighted by Gasteiger charge is -2.25. The first-order valence-electron chi connectivity index (χ1n) is 11.6. The van der Waals surface area contributed by atoms with E-state index >= 15 is 0 Å². The van der Waals surface area contributed by atoms with Gasteiger partial charge < -0.3 is 9.64 Å². The van der Waals surface area contributed by atoms with E-state index in [1.165, 1.54) is 13.2 Å². The summed E-state index contributed by atoms with van der Waals surface area (Å²) in [6.07, 6.45) is 0.652. The first kappa shape index (κ1) is 27.1. The molecule has 2 amide bonds. The maximum Gasteiger partial charge on any atom is 0.414 e. The number of hydrogen-bond acceptors (Lipinski definition) is 6. The number of rotatable bonds is 3. The van der Waals surface area contributed by atoms with E-state index < -0.39 is 28.9 Å². The molecule has 1 atom stereocenters. The first-order valence-corrected chi connectivity index (χ1v) is 11.6. The van der Waals surface area contributed by atoms with Crippen LogP contribution in [0.1, 0.15) is 33.3 Å². The predicted octanol–water partition coefficient (Wildman–Crippen LogP) is 4.49. The molecule has 1 N–H and O–H groups in total. The summed E-state index contributed by atoms with van der Waals surface area (Å²) in [6, 6.07) is 14.4. The van der Waals surface area contributed by atoms with Gasteiger partial charge in [0.25, 0.3) is 5.91 Å². The van der Waals surface area contributed by atoms with E-state index in [0.29, 0.717) is 11.3 Å². The molecule has 9 nitrogen and oxygen atoms in total. The second-order valence-electron chi connectivity index (χ2n) is 10.1. The topological polar surface area (TPSA) is 95.7 Å². The van der Waals surface area contributed by atoms with Crippen molar-refractivity contribution in [3.8, 4) is 11.1 Å². The molecular weight excluding hydrogens is 470 g/mol. The molecule has 0 fully saturated rings. The fraction of sp³-hybridized carbons (Fsp3) is 0.321. The van der Waals surface area contributed by atoms with E-state index in [0.717, 1.165) is 16.0 Å². The normalized spacial score (nSPS) is 19.1. The Bertz CT molecular complexity index is 1350. The van der Waals surface area contributed by atoms with Crippen molar-refractivity contribution in [2.24, 2.45) is 4.99 Å². The van der Waals surface area contributed by atoms with Crippen molar-refractivity contribution in [3.05, 3.63) is 77.3 Å². The summed E-state index contributed by atoms with van der Waals surface area (Å²) in [6.45, 7) is 14.1. The van der Waals surface area contributed by atoms with E-state index in [2.05, 4.69) is 15.2 Å². The van der Waals surface area contributed by atoms with Gasteiger partial charge in [-0.3, -0.25) is 19.8 Å². The molecule has 2 aromatic rings. The Morgan fingerprint density at radius 2 is 1.76 bits per heavy atom. The molecule has 9 heteroatoms. The number of amides is 2. The zero-order valence-electron chi connectivity index (χ0n) is 22.1. The van der Waals surface area contributed by atoms with Gasteiger partial charge in [-0.05, 0) is 56.5 Å². The quantitative estimate of drug-likeness (QED) is 0.380. The van der Waals surface area contributed by atoms with Crippen molar-refractivity contribution in [3.63, 3.8) is 0 Å². The fourth-order valence-electron chi connectivity index (χ4n) is 3.80. The maximum atomic E-state index is 13.9. The highest BCUT2D eigenvalue weighted by Gasteiger charge is 2.44. The zero-order valence-corrected chi connectivity index (χ0v) is 22.1. The van der Waals surface area contributed by atoms with Crippen LogP contribution in [0.5, 0.6) is 0 Å². The third-order valence-corrected chi connectivity index (χ3v) is 5.60. The molecule has 1 aliphatic rings. The van der Waals surface area contributed by atoms with Crippen molar-refractivity contribution >= 4 is 29.4 Å². The summed E-state index contributed by atoms with van der Waals surface area (Å²) in [4.78, 5) is 50.8. The summed E-state index contributed by atoms with van der Waals surface area (Å²) in [5.41, 5.74) is 0.162. The van der Waals surface area contributed by atoms with Gasteiger partial charge >= 0.3 is 6.09 Å². The standard InChI is InChI=1S/C28H31N5O4/c1-27(2,3)37-26(36)30-25-31-28(4,23(34)22(17-32(6)7)24(35)33(25)8)20-13-9-11-18(15-20)19-12-10-14-21(16-19)29-5/h9-17H,1-4,6-8H3,(H,30,31,36). The molecule has 3 rings (SSSR count). The highest BCUT2D eigenvalue weighted by atomic mass is 16.6. The molecule has 1 heterocycles. The van der Waals surface area contributed by atoms with Crippen molar-refractivity contribution in [1.82, 2.24) is 15.1 Å². The third-order valence-electron chi connectivity index (χ3n) is 5.60. The number of aliphatic imine (C=N–C) groups is 1. The Hall–Kier alpha value is -4.45. The molecule has 0 aliphatic carbocycles. The van der Waals surface area contributed by atoms with Crippen LogP contribution in [-0.2, 0) is 19.9 Å². The van der Waals surface area contributed by atoms with Crippen molar-refractivity contribution in [2.45, 2.75) is 38.8 Å². The van der Waals surface area contributed by atoms with Gasteiger partial charge in [0.05, 0.1) is 6.57 Å². The number of guanidine groups is 1. The molecule has 1 unspecified atom stereocenters. The molecule has 2 aromatic carbocycles. The molecule has 0 bridgehead atoms. The van der Waals surface area contributed by atoms with E-state index in [4.69, 9.17) is 11.3 Å². The molecule has 192 valence electrons. The lowest BCUT2D eigenvalue weighted by atomic mass is 9.83. The van der Waals surface area contributed by atoms with Crippen molar-refractivity contribution in [1.29, 1.82) is 0 Å². The van der Waals surface area contributed by atoms with Crippen LogP contribution in [0.3, 0.4) is 0 Å². The average molecular weight is 502 g/mol. The summed E-state index contributed by atoms with van der Waals surface area (Å²) in [5.74, 6) is -1.25. The van der Waals surface area contributed by atoms with Gasteiger partial charge in [-0.15, -0.1) is 0 Å². The number of likely N-dealkylation sites (N-methyl/N-ethyl adjacent to an activating group) is 1. The molecule has 0 radical (unpaired) electrons. The van der Waals surface area contributed by atoms with Gasteiger partial charge in [0, 0.05) is 27.3 Å². The minimum Gasteiger partial charge on any atom is -0.444 e. The smallest absolute Gasteiger partial charge is 0.414 e. The minimum atomic E-state index is -1.56. The number of ketones is 1. The van der Waals surface area contributed by atoms with Crippen LogP contribution >= 0.6 is 0 Å². The van der Waals surface area contributed by atoms with Crippen LogP contribution in [-0.4, -0.2) is 60.3 Å². The van der Waals surface area contributed by atoms with E-state index in [-0.39, 0.29) is 11.5 Å². The average Bonchev–Trinajstić information content (AvgIpc) is 2.89. The number of carbonyl (C=O) groups is 3. The number of ether oxygens (including phenoxy) is 1. The minimum absolute atomic E-state index is 0.0832. The number of hydrogen-bond donors (Lipinski definition) is 1. The number of benzene rings is 2. The summed E-state index contributed by atoms with van der Waals surface area (Å²) < 4.78 is 5.35. The maximum absolute atomic E-state index is 13.9. The number of Topliss-reactive ketones (excluding diaryl/α,β-unsaturated/α-hetero) is 1. The van der Waals surface area contributed by atoms with Gasteiger partial charge in [0.2, 0.25) is 11.7 Å². The third kappa shape index (κ3) is 6.04. The lowest BCUT2D eigenvalue weighted by molar-refractivity contribution is -0.127. The Morgan fingerprint density at radius 1 is 1.14 bits per heavy atom. The number of nitrogens with zero attached hydrogens (tertiary/aromatic N) is 4. The van der Waals surface area contributed by atoms with Gasteiger partial charge in [-0.2, -0.15) is 0 Å². The van der Waals surface area contributed by atoms with E-state index in [1.807, 2.05) is 12.1 Å². The monoisotopic (exact) mass is 501 g/mol. The van der Waals surface area contributed by atoms with Crippen molar-refractivity contribution < 1.29 is 19.1 Å². The number of alkyl carbamates (subject to hydrolysis) is 1. The summed E-state index contributed by atoms with van der Waals surface area (Å²) >= 11 is 0. The van der Waals surface area contributed by atoms with Crippen LogP contribution in [0, 0.1) is 6.57 Å². The van der Waals surface area contributed by atoms with Gasteiger partial charge in [0.1, 0.15) is 16.7 Å². The zero-order chi connectivity index (χ0) is 27.5. The van der Waals surface area contributed by atoms with Crippen LogP contribution in [0.15, 0.2) is 65.3 Å². The first-order chi connectivity index (χ1) is 17.2. The molecule has 0 saturated heterocycles. The second-order valence-corrected chi connectivity index (χ2v) is 10.1. The van der Waals surface area contributed by atoms with Gasteiger partial charge in [0.15, 0.2) is 5.69 Å². The number of nitrogens with one attached hydrogen (secondary N) is 1. The summed E-state index contributed by atoms with van der Waals surface area (Å²) in [7, 11) is 4.86. The lowest BCUT2D eigenvalue weighted by Crippen LogP contribution is -2.46. The SMILES string of the molecule is [C-]#[N+]c1cccc(-c2cccc(C3(C)N=C(NC(=O)OC(C)(C)C)N(C)C(=O)C(=CN(C)C)C3=O)c2)c1. The fourth-order valence-corrected chi connectivity index (χ4v) is 3.80. The van der Waals surface area contributed by atoms with E-state index in [9.17, 15) is 14.4 Å². The molecule has 37 heavy (non-hydrogen) atoms. The van der Waals surface area contributed by atoms with Gasteiger partial charge in [-0.25, -0.2) is 14.6 Å². The van der Waals surface area contributed by atoms with Crippen LogP contribution in [0.4, 0.5) is 10.5 Å². The molecule has 0 saturated carbocycles. The Balaban J connectivity index is 2.19. The molecular formula is C28H31N5O4. The molecule has 0 aromatic heterocycles. The molecule has 1 aliphatic heterocycles. The summed E-state index contributed by atoms with van der Waals surface area (Å²) in [5, 5.41) is 2.54. The predicted molar refractivity (Wildman–Crippen MR) is 142 cm³/mol. The van der Waals surface area contributed by atoms with Crippen LogP contribution in [0.25, 0.3) is 16.0 Å². The van der Waals surface area contributed by atoms with Gasteiger partial charge in [-0.1, -0.05) is 36.4 Å². The van der Waals surface area contributed by atoms with Crippen LogP contribution < -0.4 is 5.32 Å². The van der Waals surface area contributed by atoms with Crippen molar-refractivity contribution in [2.75, 3.05) is 21.1 Å². The molecule has 0 spiro atoms. The number of carbonyl (C=O) groups excluding carboxylic acids is 3. The highest BCUT2D eigenvalue weighted by Crippen LogP contribution is 2.35. The van der Waals surface area contributed by atoms with E-state index in [1.54, 1.807) is 83.1 Å². The Labute approximate surface area is 217 Å².